The van der Waals surface area contributed by atoms with Gasteiger partial charge in [0.25, 0.3) is 0 Å². The van der Waals surface area contributed by atoms with Gasteiger partial charge in [-0.05, 0) is 46.6 Å². The molecular formula is C13H9BrN2O. The minimum absolute atomic E-state index is 0.510. The van der Waals surface area contributed by atoms with E-state index >= 15 is 0 Å². The van der Waals surface area contributed by atoms with E-state index in [9.17, 15) is 0 Å². The largest absolute Gasteiger partial charge is 0.454 e. The molecule has 0 saturated heterocycles. The minimum Gasteiger partial charge on any atom is -0.454 e. The van der Waals surface area contributed by atoms with Crippen LogP contribution in [0.2, 0.25) is 0 Å². The topological polar surface area (TPSA) is 45.9 Å². The Hall–Kier alpha value is -1.86. The molecule has 3 nitrogen and oxygen atoms in total. The van der Waals surface area contributed by atoms with Crippen molar-refractivity contribution in [2.75, 3.05) is 0 Å². The number of pyridine rings is 1. The highest BCUT2D eigenvalue weighted by Gasteiger charge is 2.05. The summed E-state index contributed by atoms with van der Waals surface area (Å²) in [4.78, 5) is 4.00. The fourth-order valence-electron chi connectivity index (χ4n) is 1.38. The molecule has 2 rings (SSSR count). The van der Waals surface area contributed by atoms with Crippen molar-refractivity contribution in [2.45, 2.75) is 6.92 Å². The van der Waals surface area contributed by atoms with Crippen LogP contribution >= 0.6 is 15.9 Å². The maximum absolute atomic E-state index is 8.99. The lowest BCUT2D eigenvalue weighted by Crippen LogP contribution is -1.90. The van der Waals surface area contributed by atoms with Crippen molar-refractivity contribution >= 4 is 15.9 Å². The van der Waals surface area contributed by atoms with Crippen LogP contribution in [0.25, 0.3) is 0 Å². The van der Waals surface area contributed by atoms with Gasteiger partial charge >= 0.3 is 0 Å². The Bertz CT molecular complexity index is 590. The molecule has 0 aliphatic heterocycles. The number of nitrogens with zero attached hydrogens (tertiary/aromatic N) is 2. The van der Waals surface area contributed by atoms with Crippen molar-refractivity contribution < 1.29 is 4.74 Å². The van der Waals surface area contributed by atoms with Crippen molar-refractivity contribution in [1.29, 1.82) is 5.26 Å². The molecule has 0 spiro atoms. The zero-order valence-electron chi connectivity index (χ0n) is 9.14. The summed E-state index contributed by atoms with van der Waals surface area (Å²) in [5.41, 5.74) is 1.55. The Labute approximate surface area is 108 Å². The molecule has 2 aromatic rings. The van der Waals surface area contributed by atoms with Crippen LogP contribution in [0.1, 0.15) is 11.1 Å². The van der Waals surface area contributed by atoms with Crippen LogP contribution in [-0.2, 0) is 0 Å². The summed E-state index contributed by atoms with van der Waals surface area (Å²) in [6.45, 7) is 1.95. The smallest absolute Gasteiger partial charge is 0.146 e. The third-order valence-corrected chi connectivity index (χ3v) is 2.60. The number of nitriles is 1. The van der Waals surface area contributed by atoms with E-state index in [2.05, 4.69) is 27.0 Å². The number of aromatic nitrogens is 1. The van der Waals surface area contributed by atoms with Crippen LogP contribution in [-0.4, -0.2) is 4.98 Å². The molecule has 0 radical (unpaired) electrons. The van der Waals surface area contributed by atoms with Gasteiger partial charge in [-0.1, -0.05) is 6.07 Å². The van der Waals surface area contributed by atoms with Crippen molar-refractivity contribution in [2.24, 2.45) is 0 Å². The molecule has 0 aliphatic rings. The van der Waals surface area contributed by atoms with E-state index in [1.165, 1.54) is 0 Å². The number of benzene rings is 1. The summed E-state index contributed by atoms with van der Waals surface area (Å²) in [5.74, 6) is 1.15. The SMILES string of the molecule is Cc1ccc(C#N)c(Oc2cncc(Br)c2)c1. The highest BCUT2D eigenvalue weighted by molar-refractivity contribution is 9.10. The summed E-state index contributed by atoms with van der Waals surface area (Å²) in [5, 5.41) is 8.99. The maximum atomic E-state index is 8.99. The van der Waals surface area contributed by atoms with Gasteiger partial charge in [0.2, 0.25) is 0 Å². The second kappa shape index (κ2) is 4.98. The zero-order valence-corrected chi connectivity index (χ0v) is 10.7. The van der Waals surface area contributed by atoms with Gasteiger partial charge in [0.05, 0.1) is 11.8 Å². The van der Waals surface area contributed by atoms with E-state index in [4.69, 9.17) is 10.00 Å². The quantitative estimate of drug-likeness (QED) is 0.844. The first-order chi connectivity index (χ1) is 8.19. The number of hydrogen-bond acceptors (Lipinski definition) is 3. The van der Waals surface area contributed by atoms with Crippen LogP contribution in [0, 0.1) is 18.3 Å². The lowest BCUT2D eigenvalue weighted by atomic mass is 10.1. The summed E-state index contributed by atoms with van der Waals surface area (Å²) >= 11 is 3.32. The van der Waals surface area contributed by atoms with Crippen LogP contribution in [0.15, 0.2) is 41.1 Å². The van der Waals surface area contributed by atoms with Crippen LogP contribution < -0.4 is 4.74 Å². The van der Waals surface area contributed by atoms with Gasteiger partial charge in [-0.15, -0.1) is 0 Å². The number of ether oxygens (including phenoxy) is 1. The third kappa shape index (κ3) is 2.83. The second-order valence-corrected chi connectivity index (χ2v) is 4.47. The highest BCUT2D eigenvalue weighted by atomic mass is 79.9. The van der Waals surface area contributed by atoms with Gasteiger partial charge < -0.3 is 4.74 Å². The van der Waals surface area contributed by atoms with E-state index in [0.717, 1.165) is 10.0 Å². The van der Waals surface area contributed by atoms with Crippen LogP contribution in [0.5, 0.6) is 11.5 Å². The lowest BCUT2D eigenvalue weighted by molar-refractivity contribution is 0.478. The molecule has 1 aromatic heterocycles. The van der Waals surface area contributed by atoms with Crippen molar-refractivity contribution in [1.82, 2.24) is 4.98 Å². The van der Waals surface area contributed by atoms with Crippen molar-refractivity contribution in [3.63, 3.8) is 0 Å². The Morgan fingerprint density at radius 1 is 1.29 bits per heavy atom. The molecule has 0 atom stereocenters. The molecule has 0 amide bonds. The molecule has 1 aromatic carbocycles. The molecular weight excluding hydrogens is 280 g/mol. The third-order valence-electron chi connectivity index (χ3n) is 2.17. The Morgan fingerprint density at radius 2 is 2.12 bits per heavy atom. The normalized spacial score (nSPS) is 9.71. The first kappa shape index (κ1) is 11.6. The predicted molar refractivity (Wildman–Crippen MR) is 67.9 cm³/mol. The zero-order chi connectivity index (χ0) is 12.3. The highest BCUT2D eigenvalue weighted by Crippen LogP contribution is 2.27. The molecule has 84 valence electrons. The number of halogens is 1. The second-order valence-electron chi connectivity index (χ2n) is 3.55. The number of rotatable bonds is 2. The van der Waals surface area contributed by atoms with E-state index in [-0.39, 0.29) is 0 Å². The standard InChI is InChI=1S/C13H9BrN2O/c1-9-2-3-10(6-15)13(4-9)17-12-5-11(14)7-16-8-12/h2-5,7-8H,1H3. The molecule has 0 saturated carbocycles. The molecule has 0 fully saturated rings. The molecule has 0 N–H and O–H groups in total. The molecule has 1 heterocycles. The monoisotopic (exact) mass is 288 g/mol. The lowest BCUT2D eigenvalue weighted by Gasteiger charge is -2.07. The van der Waals surface area contributed by atoms with Crippen molar-refractivity contribution in [3.05, 3.63) is 52.3 Å². The molecule has 0 bridgehead atoms. The van der Waals surface area contributed by atoms with Gasteiger partial charge in [0.15, 0.2) is 0 Å². The number of hydrogen-bond donors (Lipinski definition) is 0. The summed E-state index contributed by atoms with van der Waals surface area (Å²) in [6, 6.07) is 9.36. The summed E-state index contributed by atoms with van der Waals surface area (Å²) < 4.78 is 6.48. The summed E-state index contributed by atoms with van der Waals surface area (Å²) in [7, 11) is 0. The average molecular weight is 289 g/mol. The van der Waals surface area contributed by atoms with Crippen molar-refractivity contribution in [3.8, 4) is 17.6 Å². The van der Waals surface area contributed by atoms with Crippen LogP contribution in [0.4, 0.5) is 0 Å². The molecule has 0 aliphatic carbocycles. The van der Waals surface area contributed by atoms with E-state index in [0.29, 0.717) is 17.1 Å². The Morgan fingerprint density at radius 3 is 2.82 bits per heavy atom. The Balaban J connectivity index is 2.36. The molecule has 17 heavy (non-hydrogen) atoms. The predicted octanol–water partition coefficient (Wildman–Crippen LogP) is 3.82. The fourth-order valence-corrected chi connectivity index (χ4v) is 1.73. The van der Waals surface area contributed by atoms with Gasteiger partial charge in [0.1, 0.15) is 17.6 Å². The van der Waals surface area contributed by atoms with Gasteiger partial charge in [-0.3, -0.25) is 4.98 Å². The molecule has 4 heteroatoms. The molecule has 0 unspecified atom stereocenters. The number of aryl methyl sites for hydroxylation is 1. The van der Waals surface area contributed by atoms with Gasteiger partial charge in [0, 0.05) is 10.7 Å². The first-order valence-electron chi connectivity index (χ1n) is 4.98. The maximum Gasteiger partial charge on any atom is 0.146 e. The fraction of sp³-hybridized carbons (Fsp3) is 0.0769. The van der Waals surface area contributed by atoms with E-state index < -0.39 is 0 Å². The van der Waals surface area contributed by atoms with Gasteiger partial charge in [-0.25, -0.2) is 0 Å². The summed E-state index contributed by atoms with van der Waals surface area (Å²) in [6.07, 6.45) is 3.28. The van der Waals surface area contributed by atoms with Gasteiger partial charge in [-0.2, -0.15) is 5.26 Å². The van der Waals surface area contributed by atoms with Crippen LogP contribution in [0.3, 0.4) is 0 Å². The average Bonchev–Trinajstić information content (AvgIpc) is 2.29. The van der Waals surface area contributed by atoms with E-state index in [1.54, 1.807) is 24.5 Å². The first-order valence-corrected chi connectivity index (χ1v) is 5.77. The minimum atomic E-state index is 0.510. The Kier molecular flexibility index (Phi) is 3.40. The van der Waals surface area contributed by atoms with E-state index in [1.807, 2.05) is 19.1 Å².